The van der Waals surface area contributed by atoms with Gasteiger partial charge in [0.05, 0.1) is 32.6 Å². The van der Waals surface area contributed by atoms with Gasteiger partial charge in [0.25, 0.3) is 5.91 Å². The molecule has 2 atom stereocenters. The summed E-state index contributed by atoms with van der Waals surface area (Å²) >= 11 is 0. The van der Waals surface area contributed by atoms with Crippen molar-refractivity contribution in [2.45, 2.75) is 84.2 Å². The lowest BCUT2D eigenvalue weighted by Gasteiger charge is -2.44. The van der Waals surface area contributed by atoms with Crippen LogP contribution in [0.5, 0.6) is 5.75 Å². The number of hydrogen-bond donors (Lipinski definition) is 2. The minimum atomic E-state index is -1.59. The second kappa shape index (κ2) is 16.9. The van der Waals surface area contributed by atoms with E-state index in [1.165, 1.54) is 24.9 Å². The van der Waals surface area contributed by atoms with Crippen LogP contribution in [0.2, 0.25) is 0 Å². The summed E-state index contributed by atoms with van der Waals surface area (Å²) < 4.78 is 17.8. The van der Waals surface area contributed by atoms with Gasteiger partial charge in [0, 0.05) is 38.4 Å². The molecular weight excluding hydrogens is 544 g/mol. The predicted molar refractivity (Wildman–Crippen MR) is 157 cm³/mol. The van der Waals surface area contributed by atoms with E-state index in [2.05, 4.69) is 5.48 Å². The lowest BCUT2D eigenvalue weighted by molar-refractivity contribution is -0.150. The number of benzene rings is 1. The average molecular weight is 593 g/mol. The Morgan fingerprint density at radius 2 is 1.83 bits per heavy atom. The molecule has 236 valence electrons. The molecule has 0 bridgehead atoms. The number of hydrogen-bond acceptors (Lipinski definition) is 9. The third-order valence-corrected chi connectivity index (χ3v) is 7.28. The van der Waals surface area contributed by atoms with Crippen LogP contribution >= 0.6 is 0 Å². The van der Waals surface area contributed by atoms with E-state index in [9.17, 15) is 19.5 Å². The number of methoxy groups -OCH3 is 1. The predicted octanol–water partition coefficient (Wildman–Crippen LogP) is 4.14. The highest BCUT2D eigenvalue weighted by Gasteiger charge is 2.45. The lowest BCUT2D eigenvalue weighted by atomic mass is 10.0. The van der Waals surface area contributed by atoms with Crippen molar-refractivity contribution in [3.63, 3.8) is 0 Å². The first-order valence-electron chi connectivity index (χ1n) is 14.5. The Morgan fingerprint density at radius 3 is 2.40 bits per heavy atom. The molecule has 42 heavy (non-hydrogen) atoms. The van der Waals surface area contributed by atoms with Crippen molar-refractivity contribution in [2.24, 2.45) is 0 Å². The number of carbonyl (C=O) groups is 3. The summed E-state index contributed by atoms with van der Waals surface area (Å²) in [5.41, 5.74) is 1.48. The Hall–Kier alpha value is -3.35. The first-order chi connectivity index (χ1) is 20.1. The molecule has 2 N–H and O–H groups in total. The molecular formula is C30H48N4O8. The van der Waals surface area contributed by atoms with Crippen molar-refractivity contribution in [3.05, 3.63) is 42.3 Å². The highest BCUT2D eigenvalue weighted by molar-refractivity contribution is 6.01. The number of carbonyl (C=O) groups excluding carboxylic acids is 3. The van der Waals surface area contributed by atoms with E-state index in [1.54, 1.807) is 32.9 Å². The zero-order valence-corrected chi connectivity index (χ0v) is 26.0. The normalized spacial score (nSPS) is 15.6. The standard InChI is InChI=1S/C30H48N4O8/c1-8-26(32(6)17-18-35)33(29(38)34(27(36)9-2)30(4,5)28(37)31-41-10-3)21-25(42-22-15-19-40-20-16-22)23-13-11-12-14-24(23)39-7/h11-14,17-18,22,25-26,35H,8-10,15-16,19-21H2,1-7H3,(H,31,37)/b18-17-/t25-,26?/m0/s1. The van der Waals surface area contributed by atoms with Gasteiger partial charge in [-0.3, -0.25) is 14.4 Å². The Morgan fingerprint density at radius 1 is 1.17 bits per heavy atom. The summed E-state index contributed by atoms with van der Waals surface area (Å²) in [5, 5.41) is 9.56. The smallest absolute Gasteiger partial charge is 0.329 e. The fourth-order valence-corrected chi connectivity index (χ4v) is 4.94. The van der Waals surface area contributed by atoms with Gasteiger partial charge in [-0.1, -0.05) is 32.0 Å². The topological polar surface area (TPSA) is 130 Å². The number of aliphatic hydroxyl groups is 1. The number of para-hydroxylation sites is 1. The van der Waals surface area contributed by atoms with Gasteiger partial charge in [-0.15, -0.1) is 0 Å². The third-order valence-electron chi connectivity index (χ3n) is 7.28. The van der Waals surface area contributed by atoms with Crippen molar-refractivity contribution in [1.82, 2.24) is 20.2 Å². The average Bonchev–Trinajstić information content (AvgIpc) is 2.99. The molecule has 1 saturated heterocycles. The summed E-state index contributed by atoms with van der Waals surface area (Å²) in [6.07, 6.45) is 2.74. The monoisotopic (exact) mass is 592 g/mol. The number of hydroxylamine groups is 1. The molecule has 12 nitrogen and oxygen atoms in total. The van der Waals surface area contributed by atoms with Gasteiger partial charge in [-0.05, 0) is 46.1 Å². The highest BCUT2D eigenvalue weighted by atomic mass is 16.6. The Labute approximate surface area is 249 Å². The fourth-order valence-electron chi connectivity index (χ4n) is 4.94. The van der Waals surface area contributed by atoms with Gasteiger partial charge in [0.2, 0.25) is 5.91 Å². The summed E-state index contributed by atoms with van der Waals surface area (Å²) in [6.45, 7) is 9.60. The van der Waals surface area contributed by atoms with E-state index >= 15 is 0 Å². The minimum Gasteiger partial charge on any atom is -0.514 e. The Bertz CT molecular complexity index is 1040. The number of rotatable bonds is 15. The maximum atomic E-state index is 14.6. The molecule has 1 unspecified atom stereocenters. The van der Waals surface area contributed by atoms with Crippen LogP contribution in [0.3, 0.4) is 0 Å². The number of nitrogens with one attached hydrogen (secondary N) is 1. The number of aliphatic hydroxyl groups excluding tert-OH is 1. The maximum absolute atomic E-state index is 14.6. The number of amides is 4. The molecule has 1 heterocycles. The van der Waals surface area contributed by atoms with E-state index in [-0.39, 0.29) is 25.7 Å². The summed E-state index contributed by atoms with van der Waals surface area (Å²) in [7, 11) is 3.29. The maximum Gasteiger partial charge on any atom is 0.329 e. The van der Waals surface area contributed by atoms with Crippen LogP contribution in [-0.4, -0.2) is 96.0 Å². The van der Waals surface area contributed by atoms with E-state index in [1.807, 2.05) is 31.2 Å². The molecule has 0 aliphatic carbocycles. The lowest BCUT2D eigenvalue weighted by Crippen LogP contribution is -2.64. The van der Waals surface area contributed by atoms with Crippen LogP contribution in [0.1, 0.15) is 72.0 Å². The molecule has 1 aromatic carbocycles. The van der Waals surface area contributed by atoms with Crippen molar-refractivity contribution < 1.29 is 38.5 Å². The molecule has 1 aliphatic heterocycles. The molecule has 0 aromatic heterocycles. The largest absolute Gasteiger partial charge is 0.514 e. The highest BCUT2D eigenvalue weighted by Crippen LogP contribution is 2.33. The zero-order valence-electron chi connectivity index (χ0n) is 26.0. The summed E-state index contributed by atoms with van der Waals surface area (Å²) in [4.78, 5) is 50.4. The third kappa shape index (κ3) is 8.83. The Balaban J connectivity index is 2.66. The first kappa shape index (κ1) is 34.8. The molecule has 0 spiro atoms. The second-order valence-corrected chi connectivity index (χ2v) is 10.5. The molecule has 1 aromatic rings. The molecule has 1 aliphatic rings. The number of urea groups is 1. The second-order valence-electron chi connectivity index (χ2n) is 10.5. The van der Waals surface area contributed by atoms with Gasteiger partial charge < -0.3 is 29.1 Å². The van der Waals surface area contributed by atoms with Crippen molar-refractivity contribution in [1.29, 1.82) is 0 Å². The van der Waals surface area contributed by atoms with E-state index in [4.69, 9.17) is 19.0 Å². The van der Waals surface area contributed by atoms with Crippen molar-refractivity contribution in [2.75, 3.05) is 40.5 Å². The van der Waals surface area contributed by atoms with Crippen LogP contribution in [0.25, 0.3) is 0 Å². The van der Waals surface area contributed by atoms with Gasteiger partial charge >= 0.3 is 6.03 Å². The number of ether oxygens (including phenoxy) is 3. The molecule has 2 rings (SSSR count). The van der Waals surface area contributed by atoms with Crippen LogP contribution in [0.4, 0.5) is 4.79 Å². The van der Waals surface area contributed by atoms with Crippen LogP contribution in [0, 0.1) is 0 Å². The fraction of sp³-hybridized carbons (Fsp3) is 0.633. The van der Waals surface area contributed by atoms with Gasteiger partial charge in [-0.2, -0.15) is 0 Å². The summed E-state index contributed by atoms with van der Waals surface area (Å²) in [6, 6.07) is 6.76. The SMILES string of the molecule is CCONC(=O)C(C)(C)N(C(=O)CC)C(=O)N(C[C@H](OC1CCOCC1)c1ccccc1OC)C(CC)N(C)/C=C\O. The molecule has 12 heteroatoms. The van der Waals surface area contributed by atoms with Crippen molar-refractivity contribution in [3.8, 4) is 5.75 Å². The number of nitrogens with zero attached hydrogens (tertiary/aromatic N) is 3. The van der Waals surface area contributed by atoms with Crippen LogP contribution in [-0.2, 0) is 23.9 Å². The summed E-state index contributed by atoms with van der Waals surface area (Å²) in [5.74, 6) is -0.580. The zero-order chi connectivity index (χ0) is 31.3. The van der Waals surface area contributed by atoms with Crippen molar-refractivity contribution >= 4 is 17.8 Å². The van der Waals surface area contributed by atoms with Gasteiger partial charge in [0.1, 0.15) is 23.6 Å². The van der Waals surface area contributed by atoms with Gasteiger partial charge in [-0.25, -0.2) is 15.2 Å². The van der Waals surface area contributed by atoms with E-state index < -0.39 is 35.7 Å². The van der Waals surface area contributed by atoms with Crippen LogP contribution < -0.4 is 10.2 Å². The van der Waals surface area contributed by atoms with E-state index in [0.29, 0.717) is 38.2 Å². The number of imide groups is 1. The van der Waals surface area contributed by atoms with Crippen LogP contribution in [0.15, 0.2) is 36.7 Å². The van der Waals surface area contributed by atoms with Gasteiger partial charge in [0.15, 0.2) is 0 Å². The minimum absolute atomic E-state index is 0.0113. The quantitative estimate of drug-likeness (QED) is 0.175. The van der Waals surface area contributed by atoms with E-state index in [0.717, 1.165) is 16.7 Å². The molecule has 0 saturated carbocycles. The molecule has 0 radical (unpaired) electrons. The first-order valence-corrected chi connectivity index (χ1v) is 14.5. The Kier molecular flexibility index (Phi) is 14.1. The molecule has 4 amide bonds. The molecule has 1 fully saturated rings.